The largest absolute Gasteiger partial charge is 0.416 e. The molecule has 1 aromatic heterocycles. The standard InChI is InChI=1S/C18H17F5N4O3S/c19-17(20,21)13-2-1-3-15(10-13)31(29,30)18(22,23)12-5-8-27(9-6-12)16(28)26-14-4-7-24-25-11-14/h1-4,7,10-12H,5-6,8-9H2,(H,24,26,28). The molecule has 0 unspecified atom stereocenters. The summed E-state index contributed by atoms with van der Waals surface area (Å²) in [6.07, 6.45) is -2.91. The van der Waals surface area contributed by atoms with Crippen molar-refractivity contribution in [1.29, 1.82) is 0 Å². The van der Waals surface area contributed by atoms with Gasteiger partial charge in [-0.05, 0) is 37.1 Å². The van der Waals surface area contributed by atoms with Crippen molar-refractivity contribution in [3.8, 4) is 0 Å². The maximum Gasteiger partial charge on any atom is 0.416 e. The first-order valence-corrected chi connectivity index (χ1v) is 10.5. The van der Waals surface area contributed by atoms with Gasteiger partial charge in [0.2, 0.25) is 9.84 Å². The number of alkyl halides is 5. The number of likely N-dealkylation sites (tertiary alicyclic amines) is 1. The van der Waals surface area contributed by atoms with Gasteiger partial charge < -0.3 is 10.2 Å². The number of hydrogen-bond donors (Lipinski definition) is 1. The maximum atomic E-state index is 14.9. The number of sulfone groups is 1. The molecule has 0 saturated carbocycles. The van der Waals surface area contributed by atoms with E-state index in [1.165, 1.54) is 23.4 Å². The van der Waals surface area contributed by atoms with Gasteiger partial charge in [-0.1, -0.05) is 6.07 Å². The highest BCUT2D eigenvalue weighted by molar-refractivity contribution is 7.92. The minimum absolute atomic E-state index is 0.150. The van der Waals surface area contributed by atoms with E-state index in [-0.39, 0.29) is 32.0 Å². The van der Waals surface area contributed by atoms with E-state index in [4.69, 9.17) is 0 Å². The van der Waals surface area contributed by atoms with Gasteiger partial charge in [0.15, 0.2) is 0 Å². The summed E-state index contributed by atoms with van der Waals surface area (Å²) in [4.78, 5) is 12.4. The van der Waals surface area contributed by atoms with Crippen molar-refractivity contribution in [1.82, 2.24) is 15.1 Å². The summed E-state index contributed by atoms with van der Waals surface area (Å²) >= 11 is 0. The summed E-state index contributed by atoms with van der Waals surface area (Å²) in [7, 11) is -5.37. The van der Waals surface area contributed by atoms with Crippen molar-refractivity contribution in [3.63, 3.8) is 0 Å². The fourth-order valence-corrected chi connectivity index (χ4v) is 4.73. The van der Waals surface area contributed by atoms with Gasteiger partial charge in [-0.25, -0.2) is 13.2 Å². The van der Waals surface area contributed by atoms with Crippen molar-refractivity contribution < 1.29 is 35.2 Å². The molecule has 7 nitrogen and oxygen atoms in total. The van der Waals surface area contributed by atoms with Gasteiger partial charge in [0.25, 0.3) is 0 Å². The predicted octanol–water partition coefficient (Wildman–Crippen LogP) is 3.81. The second-order valence-electron chi connectivity index (χ2n) is 6.91. The van der Waals surface area contributed by atoms with Crippen molar-refractivity contribution in [3.05, 3.63) is 48.3 Å². The molecule has 1 saturated heterocycles. The number of rotatable bonds is 4. The third-order valence-corrected chi connectivity index (χ3v) is 6.85. The molecule has 13 heteroatoms. The number of nitrogens with one attached hydrogen (secondary N) is 1. The van der Waals surface area contributed by atoms with Crippen LogP contribution in [0.4, 0.5) is 32.4 Å². The molecule has 1 aliphatic heterocycles. The Kier molecular flexibility index (Phi) is 6.16. The third kappa shape index (κ3) is 4.75. The molecule has 31 heavy (non-hydrogen) atoms. The molecule has 1 aromatic carbocycles. The van der Waals surface area contributed by atoms with Crippen LogP contribution in [0.2, 0.25) is 0 Å². The normalized spacial score (nSPS) is 16.2. The molecule has 1 N–H and O–H groups in total. The van der Waals surface area contributed by atoms with E-state index in [9.17, 15) is 35.2 Å². The van der Waals surface area contributed by atoms with Gasteiger partial charge in [-0.2, -0.15) is 32.1 Å². The second-order valence-corrected chi connectivity index (χ2v) is 8.94. The van der Waals surface area contributed by atoms with Crippen LogP contribution in [0.15, 0.2) is 47.6 Å². The number of piperidine rings is 1. The number of benzene rings is 1. The van der Waals surface area contributed by atoms with Gasteiger partial charge in [0.05, 0.1) is 28.5 Å². The Bertz CT molecular complexity index is 1040. The van der Waals surface area contributed by atoms with Crippen LogP contribution in [0.5, 0.6) is 0 Å². The highest BCUT2D eigenvalue weighted by Gasteiger charge is 2.53. The monoisotopic (exact) mass is 464 g/mol. The van der Waals surface area contributed by atoms with Crippen LogP contribution in [0.25, 0.3) is 0 Å². The fraction of sp³-hybridized carbons (Fsp3) is 0.389. The van der Waals surface area contributed by atoms with Crippen LogP contribution in [0.3, 0.4) is 0 Å². The molecule has 2 aromatic rings. The molecular formula is C18H17F5N4O3S. The van der Waals surface area contributed by atoms with E-state index in [2.05, 4.69) is 15.5 Å². The molecule has 1 aliphatic rings. The molecule has 0 radical (unpaired) electrons. The first-order chi connectivity index (χ1) is 14.4. The average Bonchev–Trinajstić information content (AvgIpc) is 2.74. The highest BCUT2D eigenvalue weighted by atomic mass is 32.2. The Hall–Kier alpha value is -2.83. The van der Waals surface area contributed by atoms with Crippen molar-refractivity contribution in [2.24, 2.45) is 5.92 Å². The van der Waals surface area contributed by atoms with Crippen molar-refractivity contribution >= 4 is 21.6 Å². The van der Waals surface area contributed by atoms with Gasteiger partial charge in [0.1, 0.15) is 0 Å². The number of urea groups is 1. The average molecular weight is 464 g/mol. The quantitative estimate of drug-likeness (QED) is 0.695. The summed E-state index contributed by atoms with van der Waals surface area (Å²) in [5.41, 5.74) is -0.985. The summed E-state index contributed by atoms with van der Waals surface area (Å²) in [6, 6.07) is 3.20. The molecule has 0 spiro atoms. The van der Waals surface area contributed by atoms with Gasteiger partial charge in [-0.3, -0.25) is 0 Å². The topological polar surface area (TPSA) is 92.3 Å². The van der Waals surface area contributed by atoms with Crippen LogP contribution in [-0.2, 0) is 16.0 Å². The van der Waals surface area contributed by atoms with Crippen LogP contribution in [0, 0.1) is 5.92 Å². The minimum Gasteiger partial charge on any atom is -0.325 e. The molecule has 168 valence electrons. The molecular weight excluding hydrogens is 447 g/mol. The number of carbonyl (C=O) groups is 1. The summed E-state index contributed by atoms with van der Waals surface area (Å²) < 4.78 is 93.2. The first kappa shape index (κ1) is 22.8. The third-order valence-electron chi connectivity index (χ3n) is 4.92. The number of anilines is 1. The first-order valence-electron chi connectivity index (χ1n) is 9.05. The van der Waals surface area contributed by atoms with Gasteiger partial charge in [0, 0.05) is 19.0 Å². The number of nitrogens with zero attached hydrogens (tertiary/aromatic N) is 3. The second kappa shape index (κ2) is 8.36. The summed E-state index contributed by atoms with van der Waals surface area (Å²) in [6.45, 7) is -0.300. The Morgan fingerprint density at radius 2 is 1.74 bits per heavy atom. The lowest BCUT2D eigenvalue weighted by Crippen LogP contribution is -2.47. The summed E-state index contributed by atoms with van der Waals surface area (Å²) in [5, 5.41) is 5.35. The van der Waals surface area contributed by atoms with E-state index in [1.54, 1.807) is 0 Å². The molecule has 1 fully saturated rings. The van der Waals surface area contributed by atoms with Crippen LogP contribution < -0.4 is 5.32 Å². The van der Waals surface area contributed by atoms with Crippen molar-refractivity contribution in [2.75, 3.05) is 18.4 Å². The molecule has 2 heterocycles. The maximum absolute atomic E-state index is 14.9. The smallest absolute Gasteiger partial charge is 0.325 e. The molecule has 0 bridgehead atoms. The number of halogens is 5. The predicted molar refractivity (Wildman–Crippen MR) is 98.9 cm³/mol. The number of aromatic nitrogens is 2. The van der Waals surface area contributed by atoms with E-state index in [1.807, 2.05) is 0 Å². The lowest BCUT2D eigenvalue weighted by atomic mass is 9.97. The Labute approximate surface area is 174 Å². The van der Waals surface area contributed by atoms with E-state index < -0.39 is 43.7 Å². The molecule has 0 atom stereocenters. The molecule has 2 amide bonds. The van der Waals surface area contributed by atoms with Crippen molar-refractivity contribution in [2.45, 2.75) is 29.2 Å². The number of hydrogen-bond acceptors (Lipinski definition) is 5. The Balaban J connectivity index is 1.71. The number of carbonyl (C=O) groups excluding carboxylic acids is 1. The fourth-order valence-electron chi connectivity index (χ4n) is 3.20. The van der Waals surface area contributed by atoms with Crippen LogP contribution in [0.1, 0.15) is 18.4 Å². The SMILES string of the molecule is O=C(Nc1ccnnc1)N1CCC(C(F)(F)S(=O)(=O)c2cccc(C(F)(F)F)c2)CC1. The summed E-state index contributed by atoms with van der Waals surface area (Å²) in [5.74, 6) is -1.65. The lowest BCUT2D eigenvalue weighted by Gasteiger charge is -2.35. The van der Waals surface area contributed by atoms with Crippen LogP contribution >= 0.6 is 0 Å². The van der Waals surface area contributed by atoms with Crippen LogP contribution in [-0.4, -0.2) is 47.9 Å². The highest BCUT2D eigenvalue weighted by Crippen LogP contribution is 2.42. The zero-order valence-electron chi connectivity index (χ0n) is 15.8. The zero-order valence-corrected chi connectivity index (χ0v) is 16.6. The molecule has 3 rings (SSSR count). The number of amides is 2. The Morgan fingerprint density at radius 3 is 2.32 bits per heavy atom. The lowest BCUT2D eigenvalue weighted by molar-refractivity contribution is -0.137. The minimum atomic E-state index is -5.37. The van der Waals surface area contributed by atoms with Gasteiger partial charge in [-0.15, -0.1) is 0 Å². The van der Waals surface area contributed by atoms with Gasteiger partial charge >= 0.3 is 17.5 Å². The van der Waals surface area contributed by atoms with E-state index >= 15 is 0 Å². The van der Waals surface area contributed by atoms with E-state index in [0.29, 0.717) is 17.8 Å². The molecule has 0 aliphatic carbocycles. The zero-order chi connectivity index (χ0) is 22.9. The van der Waals surface area contributed by atoms with E-state index in [0.717, 1.165) is 6.07 Å². The Morgan fingerprint density at radius 1 is 1.06 bits per heavy atom.